The molecule has 0 bridgehead atoms. The third kappa shape index (κ3) is 3.53. The van der Waals surface area contributed by atoms with Gasteiger partial charge >= 0.3 is 0 Å². The molecule has 0 N–H and O–H groups in total. The molecule has 0 spiro atoms. The van der Waals surface area contributed by atoms with Crippen molar-refractivity contribution in [3.8, 4) is 5.75 Å². The molecule has 0 radical (unpaired) electrons. The lowest BCUT2D eigenvalue weighted by atomic mass is 10.1. The van der Waals surface area contributed by atoms with E-state index in [1.54, 1.807) is 18.2 Å². The lowest BCUT2D eigenvalue weighted by Gasteiger charge is -2.10. The lowest BCUT2D eigenvalue weighted by Crippen LogP contribution is -1.98. The highest BCUT2D eigenvalue weighted by Crippen LogP contribution is 2.27. The fourth-order valence-corrected chi connectivity index (χ4v) is 2.29. The monoisotopic (exact) mass is 308 g/mol. The number of carbonyl (C=O) groups excluding carboxylic acids is 1. The summed E-state index contributed by atoms with van der Waals surface area (Å²) in [4.78, 5) is 11.2. The van der Waals surface area contributed by atoms with Gasteiger partial charge in [-0.25, -0.2) is 0 Å². The first-order chi connectivity index (χ1) is 9.47. The van der Waals surface area contributed by atoms with Gasteiger partial charge in [0.25, 0.3) is 0 Å². The first kappa shape index (κ1) is 14.9. The molecule has 0 atom stereocenters. The molecule has 0 saturated heterocycles. The summed E-state index contributed by atoms with van der Waals surface area (Å²) < 4.78 is 5.65. The Bertz CT molecular complexity index is 651. The quantitative estimate of drug-likeness (QED) is 0.736. The van der Waals surface area contributed by atoms with Crippen molar-refractivity contribution in [2.75, 3.05) is 0 Å². The molecule has 0 aliphatic carbocycles. The van der Waals surface area contributed by atoms with E-state index in [1.165, 1.54) is 6.92 Å². The van der Waals surface area contributed by atoms with Gasteiger partial charge in [-0.2, -0.15) is 0 Å². The zero-order valence-corrected chi connectivity index (χ0v) is 12.8. The maximum absolute atomic E-state index is 11.2. The SMILES string of the molecule is CC(=O)c1ccc(OCc2ccc(C)cc2Cl)c(Cl)c1. The molecule has 0 aliphatic rings. The normalized spacial score (nSPS) is 10.4. The topological polar surface area (TPSA) is 26.3 Å². The van der Waals surface area contributed by atoms with Crippen molar-refractivity contribution in [3.05, 3.63) is 63.1 Å². The summed E-state index contributed by atoms with van der Waals surface area (Å²) in [6.07, 6.45) is 0. The Balaban J connectivity index is 2.13. The molecule has 2 rings (SSSR count). The Labute approximate surface area is 128 Å². The number of halogens is 2. The van der Waals surface area contributed by atoms with E-state index in [9.17, 15) is 4.79 Å². The number of benzene rings is 2. The predicted octanol–water partition coefficient (Wildman–Crippen LogP) is 5.08. The van der Waals surface area contributed by atoms with Gasteiger partial charge in [-0.15, -0.1) is 0 Å². The standard InChI is InChI=1S/C16H14Cl2O2/c1-10-3-4-13(14(17)7-10)9-20-16-6-5-12(11(2)19)8-15(16)18/h3-8H,9H2,1-2H3. The van der Waals surface area contributed by atoms with E-state index in [4.69, 9.17) is 27.9 Å². The summed E-state index contributed by atoms with van der Waals surface area (Å²) in [6.45, 7) is 3.81. The van der Waals surface area contributed by atoms with Gasteiger partial charge in [0.1, 0.15) is 12.4 Å². The first-order valence-electron chi connectivity index (χ1n) is 6.15. The molecule has 2 aromatic rings. The van der Waals surface area contributed by atoms with Crippen LogP contribution in [0, 0.1) is 6.92 Å². The minimum Gasteiger partial charge on any atom is -0.487 e. The van der Waals surface area contributed by atoms with Gasteiger partial charge in [0, 0.05) is 16.1 Å². The van der Waals surface area contributed by atoms with Gasteiger partial charge in [-0.1, -0.05) is 35.3 Å². The highest BCUT2D eigenvalue weighted by molar-refractivity contribution is 6.32. The van der Waals surface area contributed by atoms with E-state index in [-0.39, 0.29) is 5.78 Å². The number of ketones is 1. The number of aryl methyl sites for hydroxylation is 1. The molecule has 20 heavy (non-hydrogen) atoms. The molecule has 0 amide bonds. The van der Waals surface area contributed by atoms with E-state index < -0.39 is 0 Å². The first-order valence-corrected chi connectivity index (χ1v) is 6.91. The number of hydrogen-bond donors (Lipinski definition) is 0. The number of ether oxygens (including phenoxy) is 1. The highest BCUT2D eigenvalue weighted by atomic mass is 35.5. The van der Waals surface area contributed by atoms with E-state index in [0.717, 1.165) is 11.1 Å². The number of rotatable bonds is 4. The predicted molar refractivity (Wildman–Crippen MR) is 82.0 cm³/mol. The second kappa shape index (κ2) is 6.29. The van der Waals surface area contributed by atoms with Gasteiger partial charge in [-0.3, -0.25) is 4.79 Å². The zero-order chi connectivity index (χ0) is 14.7. The van der Waals surface area contributed by atoms with E-state index >= 15 is 0 Å². The average molecular weight is 309 g/mol. The average Bonchev–Trinajstić information content (AvgIpc) is 2.38. The second-order valence-electron chi connectivity index (χ2n) is 4.58. The molecule has 104 valence electrons. The van der Waals surface area contributed by atoms with Gasteiger partial charge in [0.2, 0.25) is 0 Å². The molecule has 0 heterocycles. The molecule has 0 aliphatic heterocycles. The van der Waals surface area contributed by atoms with Crippen molar-refractivity contribution >= 4 is 29.0 Å². The lowest BCUT2D eigenvalue weighted by molar-refractivity contribution is 0.101. The van der Waals surface area contributed by atoms with Crippen molar-refractivity contribution < 1.29 is 9.53 Å². The summed E-state index contributed by atoms with van der Waals surface area (Å²) in [7, 11) is 0. The smallest absolute Gasteiger partial charge is 0.159 e. The molecule has 0 unspecified atom stereocenters. The Morgan fingerprint density at radius 3 is 2.45 bits per heavy atom. The molecule has 4 heteroatoms. The Kier molecular flexibility index (Phi) is 4.69. The van der Waals surface area contributed by atoms with Crippen molar-refractivity contribution in [1.82, 2.24) is 0 Å². The fourth-order valence-electron chi connectivity index (χ4n) is 1.76. The van der Waals surface area contributed by atoms with Crippen LogP contribution in [0.25, 0.3) is 0 Å². The molecular weight excluding hydrogens is 295 g/mol. The van der Waals surface area contributed by atoms with E-state index in [1.807, 2.05) is 25.1 Å². The second-order valence-corrected chi connectivity index (χ2v) is 5.40. The summed E-state index contributed by atoms with van der Waals surface area (Å²) >= 11 is 12.2. The summed E-state index contributed by atoms with van der Waals surface area (Å²) in [5.74, 6) is 0.508. The van der Waals surface area contributed by atoms with Crippen LogP contribution in [-0.2, 0) is 6.61 Å². The summed E-state index contributed by atoms with van der Waals surface area (Å²) in [6, 6.07) is 10.8. The highest BCUT2D eigenvalue weighted by Gasteiger charge is 2.07. The van der Waals surface area contributed by atoms with Crippen LogP contribution in [0.3, 0.4) is 0 Å². The molecular formula is C16H14Cl2O2. The minimum atomic E-state index is -0.0278. The summed E-state index contributed by atoms with van der Waals surface area (Å²) in [5, 5.41) is 1.09. The van der Waals surface area contributed by atoms with Gasteiger partial charge in [-0.05, 0) is 43.7 Å². The fraction of sp³-hybridized carbons (Fsp3) is 0.188. The molecule has 0 saturated carbocycles. The van der Waals surface area contributed by atoms with Gasteiger partial charge in [0.05, 0.1) is 5.02 Å². The van der Waals surface area contributed by atoms with Gasteiger partial charge < -0.3 is 4.74 Å². The van der Waals surface area contributed by atoms with Crippen LogP contribution < -0.4 is 4.74 Å². The van der Waals surface area contributed by atoms with Crippen LogP contribution in [0.4, 0.5) is 0 Å². The number of carbonyl (C=O) groups is 1. The van der Waals surface area contributed by atoms with Crippen LogP contribution >= 0.6 is 23.2 Å². The van der Waals surface area contributed by atoms with Crippen molar-refractivity contribution in [1.29, 1.82) is 0 Å². The molecule has 0 aromatic heterocycles. The Morgan fingerprint density at radius 2 is 1.85 bits per heavy atom. The van der Waals surface area contributed by atoms with Crippen LogP contribution in [0.2, 0.25) is 10.0 Å². The minimum absolute atomic E-state index is 0.0278. The number of hydrogen-bond acceptors (Lipinski definition) is 2. The van der Waals surface area contributed by atoms with Crippen LogP contribution in [0.5, 0.6) is 5.75 Å². The van der Waals surface area contributed by atoms with Crippen molar-refractivity contribution in [2.24, 2.45) is 0 Å². The maximum Gasteiger partial charge on any atom is 0.159 e. The van der Waals surface area contributed by atoms with Crippen molar-refractivity contribution in [3.63, 3.8) is 0 Å². The van der Waals surface area contributed by atoms with E-state index in [0.29, 0.717) is 28.0 Å². The largest absolute Gasteiger partial charge is 0.487 e. The summed E-state index contributed by atoms with van der Waals surface area (Å²) in [5.41, 5.74) is 2.56. The zero-order valence-electron chi connectivity index (χ0n) is 11.2. The maximum atomic E-state index is 11.2. The molecule has 0 fully saturated rings. The van der Waals surface area contributed by atoms with Gasteiger partial charge in [0.15, 0.2) is 5.78 Å². The number of Topliss-reactive ketones (excluding diaryl/α,β-unsaturated/α-hetero) is 1. The van der Waals surface area contributed by atoms with E-state index in [2.05, 4.69) is 0 Å². The third-order valence-electron chi connectivity index (χ3n) is 2.93. The third-order valence-corrected chi connectivity index (χ3v) is 3.58. The Morgan fingerprint density at radius 1 is 1.10 bits per heavy atom. The molecule has 2 nitrogen and oxygen atoms in total. The van der Waals surface area contributed by atoms with Crippen molar-refractivity contribution in [2.45, 2.75) is 20.5 Å². The molecule has 2 aromatic carbocycles. The van der Waals surface area contributed by atoms with Crippen LogP contribution in [0.1, 0.15) is 28.4 Å². The van der Waals surface area contributed by atoms with Crippen LogP contribution in [-0.4, -0.2) is 5.78 Å². The van der Waals surface area contributed by atoms with Crippen LogP contribution in [0.15, 0.2) is 36.4 Å². The Hall–Kier alpha value is -1.51.